The maximum absolute atomic E-state index is 12.2. The molecule has 0 radical (unpaired) electrons. The van der Waals surface area contributed by atoms with E-state index in [1.807, 2.05) is 66.7 Å². The molecule has 0 aliphatic rings. The van der Waals surface area contributed by atoms with Crippen molar-refractivity contribution < 1.29 is 31.8 Å². The fraction of sp³-hybridized carbons (Fsp3) is 0.138. The van der Waals surface area contributed by atoms with Crippen LogP contribution in [0.3, 0.4) is 0 Å². The van der Waals surface area contributed by atoms with Crippen molar-refractivity contribution in [2.75, 3.05) is 6.26 Å². The Morgan fingerprint density at radius 1 is 0.763 bits per heavy atom. The first-order chi connectivity index (χ1) is 18.2. The number of hydrogen-bond acceptors (Lipinski definition) is 7. The summed E-state index contributed by atoms with van der Waals surface area (Å²) in [7, 11) is -4.54. The Hall–Kier alpha value is -3.63. The zero-order valence-corrected chi connectivity index (χ0v) is 22.4. The van der Waals surface area contributed by atoms with Gasteiger partial charge >= 0.3 is 5.97 Å². The molecule has 38 heavy (non-hydrogen) atoms. The van der Waals surface area contributed by atoms with Crippen molar-refractivity contribution in [3.8, 4) is 5.75 Å². The van der Waals surface area contributed by atoms with Crippen molar-refractivity contribution in [1.29, 1.82) is 0 Å². The molecule has 4 rings (SSSR count). The number of phenolic OH excluding ortho intramolecular Hbond substituents is 1. The van der Waals surface area contributed by atoms with Crippen LogP contribution in [0.4, 0.5) is 0 Å². The molecule has 9 heteroatoms. The molecule has 1 unspecified atom stereocenters. The summed E-state index contributed by atoms with van der Waals surface area (Å²) in [6.07, 6.45) is 2.18. The summed E-state index contributed by atoms with van der Waals surface area (Å²) in [5.41, 5.74) is 3.35. The molecule has 0 bridgehead atoms. The topological polar surface area (TPSA) is 113 Å². The third-order valence-corrected chi connectivity index (χ3v) is 7.49. The summed E-state index contributed by atoms with van der Waals surface area (Å²) < 4.78 is 39.5. The maximum Gasteiger partial charge on any atom is 0.338 e. The molecule has 0 saturated heterocycles. The molecule has 1 N–H and O–H groups in total. The summed E-state index contributed by atoms with van der Waals surface area (Å²) in [5.74, 6) is 0.864. The first-order valence-corrected chi connectivity index (χ1v) is 14.7. The number of hydrogen-bond donors (Lipinski definition) is 1. The minimum absolute atomic E-state index is 0.0344. The highest BCUT2D eigenvalue weighted by atomic mass is 32.3. The van der Waals surface area contributed by atoms with Crippen molar-refractivity contribution >= 4 is 27.3 Å². The van der Waals surface area contributed by atoms with E-state index in [0.717, 1.165) is 11.3 Å². The molecule has 4 aromatic carbocycles. The molecule has 1 atom stereocenters. The van der Waals surface area contributed by atoms with Crippen LogP contribution in [0, 0.1) is 0 Å². The van der Waals surface area contributed by atoms with Gasteiger partial charge in [-0.1, -0.05) is 72.8 Å². The molecule has 0 spiro atoms. The number of aromatic hydroxyl groups is 1. The predicted octanol–water partition coefficient (Wildman–Crippen LogP) is 5.22. The zero-order chi connectivity index (χ0) is 27.4. The summed E-state index contributed by atoms with van der Waals surface area (Å²) in [6.45, 7) is 0.0768. The molecule has 0 saturated carbocycles. The van der Waals surface area contributed by atoms with E-state index in [-0.39, 0.29) is 35.8 Å². The minimum Gasteiger partial charge on any atom is -0.726 e. The number of benzene rings is 4. The van der Waals surface area contributed by atoms with Crippen molar-refractivity contribution in [3.05, 3.63) is 131 Å². The SMILES string of the molecule is C[S+](Cc1ccc(C(=O)OCc2ccccc2)cc1)c1ccc(O)cc1.O=S(=O)([O-])OCc1ccccc1. The van der Waals surface area contributed by atoms with Gasteiger partial charge in [0.15, 0.2) is 4.90 Å². The Balaban J connectivity index is 0.000000279. The Morgan fingerprint density at radius 2 is 1.29 bits per heavy atom. The molecule has 0 amide bonds. The van der Waals surface area contributed by atoms with Crippen LogP contribution in [0.25, 0.3) is 0 Å². The maximum atomic E-state index is 12.2. The third-order valence-electron chi connectivity index (χ3n) is 5.24. The number of carbonyl (C=O) groups is 1. The second kappa shape index (κ2) is 14.3. The van der Waals surface area contributed by atoms with Gasteiger partial charge in [-0.25, -0.2) is 13.2 Å². The number of ether oxygens (including phenoxy) is 1. The molecule has 4 aromatic rings. The third kappa shape index (κ3) is 10.4. The van der Waals surface area contributed by atoms with Crippen molar-refractivity contribution in [2.45, 2.75) is 23.9 Å². The fourth-order valence-corrected chi connectivity index (χ4v) is 5.01. The monoisotopic (exact) mass is 552 g/mol. The lowest BCUT2D eigenvalue weighted by Gasteiger charge is -2.07. The summed E-state index contributed by atoms with van der Waals surface area (Å²) >= 11 is 0. The second-order valence-electron chi connectivity index (χ2n) is 8.19. The second-order valence-corrected chi connectivity index (χ2v) is 11.3. The zero-order valence-electron chi connectivity index (χ0n) is 20.7. The van der Waals surface area contributed by atoms with Crippen LogP contribution >= 0.6 is 0 Å². The summed E-state index contributed by atoms with van der Waals surface area (Å²) in [4.78, 5) is 13.4. The highest BCUT2D eigenvalue weighted by Gasteiger charge is 2.17. The van der Waals surface area contributed by atoms with Crippen molar-refractivity contribution in [2.24, 2.45) is 0 Å². The van der Waals surface area contributed by atoms with Gasteiger partial charge in [-0.15, -0.1) is 0 Å². The molecular formula is C29H28O7S2. The van der Waals surface area contributed by atoms with Crippen LogP contribution in [0.2, 0.25) is 0 Å². The van der Waals surface area contributed by atoms with Gasteiger partial charge in [0.25, 0.3) is 0 Å². The van der Waals surface area contributed by atoms with Gasteiger partial charge in [0.1, 0.15) is 24.4 Å². The van der Waals surface area contributed by atoms with Gasteiger partial charge in [-0.05, 0) is 47.5 Å². The van der Waals surface area contributed by atoms with Crippen LogP contribution in [0.1, 0.15) is 27.0 Å². The molecule has 198 valence electrons. The van der Waals surface area contributed by atoms with E-state index < -0.39 is 10.4 Å². The van der Waals surface area contributed by atoms with E-state index in [1.54, 1.807) is 42.5 Å². The lowest BCUT2D eigenvalue weighted by Crippen LogP contribution is -2.06. The van der Waals surface area contributed by atoms with E-state index in [1.165, 1.54) is 10.5 Å². The first-order valence-electron chi connectivity index (χ1n) is 11.6. The van der Waals surface area contributed by atoms with Crippen LogP contribution in [-0.2, 0) is 49.2 Å². The first kappa shape index (κ1) is 28.9. The van der Waals surface area contributed by atoms with Crippen molar-refractivity contribution in [3.63, 3.8) is 0 Å². The highest BCUT2D eigenvalue weighted by molar-refractivity contribution is 7.95. The largest absolute Gasteiger partial charge is 0.726 e. The molecule has 0 aromatic heterocycles. The summed E-state index contributed by atoms with van der Waals surface area (Å²) in [5, 5.41) is 9.39. The van der Waals surface area contributed by atoms with E-state index in [9.17, 15) is 22.9 Å². The van der Waals surface area contributed by atoms with Crippen LogP contribution in [0.15, 0.2) is 114 Å². The van der Waals surface area contributed by atoms with Gasteiger partial charge in [0, 0.05) is 16.5 Å². The molecule has 0 aliphatic heterocycles. The highest BCUT2D eigenvalue weighted by Crippen LogP contribution is 2.20. The Labute approximate surface area is 226 Å². The molecule has 0 aliphatic carbocycles. The number of carbonyl (C=O) groups excluding carboxylic acids is 1. The average molecular weight is 553 g/mol. The minimum atomic E-state index is -4.57. The molecule has 0 heterocycles. The number of rotatable bonds is 9. The Kier molecular flexibility index (Phi) is 10.9. The van der Waals surface area contributed by atoms with Crippen LogP contribution in [0.5, 0.6) is 5.75 Å². The van der Waals surface area contributed by atoms with Crippen LogP contribution < -0.4 is 0 Å². The van der Waals surface area contributed by atoms with E-state index in [0.29, 0.717) is 11.1 Å². The van der Waals surface area contributed by atoms with Gasteiger partial charge in [-0.3, -0.25) is 4.18 Å². The normalized spacial score (nSPS) is 11.6. The van der Waals surface area contributed by atoms with E-state index in [4.69, 9.17) is 4.74 Å². The quantitative estimate of drug-likeness (QED) is 0.131. The molecule has 7 nitrogen and oxygen atoms in total. The van der Waals surface area contributed by atoms with Gasteiger partial charge in [0.05, 0.1) is 12.2 Å². The number of esters is 1. The van der Waals surface area contributed by atoms with Gasteiger partial charge in [0.2, 0.25) is 10.4 Å². The van der Waals surface area contributed by atoms with Crippen molar-refractivity contribution in [1.82, 2.24) is 0 Å². The average Bonchev–Trinajstić information content (AvgIpc) is 2.92. The number of phenols is 1. The standard InChI is InChI=1S/C22H20O3S.C7H8O4S/c1-26(21-13-11-20(23)12-14-21)16-18-7-9-19(10-8-18)22(24)25-15-17-5-3-2-4-6-17;8-12(9,10)11-6-7-4-2-1-3-5-7/h2-14H,15-16H2,1H3;1-5H,6H2,(H,8,9,10). The van der Waals surface area contributed by atoms with Crippen LogP contribution in [-0.4, -0.2) is 30.3 Å². The Morgan fingerprint density at radius 3 is 1.82 bits per heavy atom. The smallest absolute Gasteiger partial charge is 0.338 e. The predicted molar refractivity (Wildman–Crippen MR) is 146 cm³/mol. The van der Waals surface area contributed by atoms with E-state index in [2.05, 4.69) is 10.4 Å². The Bertz CT molecular complexity index is 1370. The lowest BCUT2D eigenvalue weighted by atomic mass is 10.1. The van der Waals surface area contributed by atoms with E-state index >= 15 is 0 Å². The fourth-order valence-electron chi connectivity index (χ4n) is 3.27. The van der Waals surface area contributed by atoms with Gasteiger partial charge in [-0.2, -0.15) is 0 Å². The molecule has 0 fully saturated rings. The molecular weight excluding hydrogens is 524 g/mol. The van der Waals surface area contributed by atoms with Gasteiger partial charge < -0.3 is 14.4 Å². The lowest BCUT2D eigenvalue weighted by molar-refractivity contribution is 0.0472. The summed E-state index contributed by atoms with van der Waals surface area (Å²) in [6, 6.07) is 33.2.